The van der Waals surface area contributed by atoms with E-state index >= 15 is 0 Å². The van der Waals surface area contributed by atoms with Crippen molar-refractivity contribution < 1.29 is 14.1 Å². The Hall–Kier alpha value is -3.19. The molecule has 1 aromatic heterocycles. The van der Waals surface area contributed by atoms with Gasteiger partial charge in [0, 0.05) is 30.0 Å². The molecule has 0 aliphatic heterocycles. The normalized spacial score (nSPS) is 10.6. The van der Waals surface area contributed by atoms with E-state index in [2.05, 4.69) is 20.8 Å². The van der Waals surface area contributed by atoms with Crippen LogP contribution in [-0.2, 0) is 22.4 Å². The molecule has 0 saturated carbocycles. The third-order valence-electron chi connectivity index (χ3n) is 4.39. The van der Waals surface area contributed by atoms with E-state index in [0.717, 1.165) is 17.5 Å². The van der Waals surface area contributed by atoms with Crippen LogP contribution in [0.15, 0.2) is 59.1 Å². The van der Waals surface area contributed by atoms with Crippen LogP contribution >= 0.6 is 11.6 Å². The molecular weight excluding hydrogens is 404 g/mol. The highest BCUT2D eigenvalue weighted by Gasteiger charge is 2.10. The summed E-state index contributed by atoms with van der Waals surface area (Å²) >= 11 is 5.87. The first kappa shape index (κ1) is 21.5. The summed E-state index contributed by atoms with van der Waals surface area (Å²) in [6.45, 7) is 0.501. The van der Waals surface area contributed by atoms with Gasteiger partial charge in [0.25, 0.3) is 0 Å². The van der Waals surface area contributed by atoms with Crippen molar-refractivity contribution in [3.8, 4) is 11.4 Å². The Morgan fingerprint density at radius 3 is 2.47 bits per heavy atom. The van der Waals surface area contributed by atoms with Crippen LogP contribution in [-0.4, -0.2) is 35.0 Å². The standard InChI is InChI=1S/C22H23ClN4O3/c23-18-11-9-17(10-12-18)22-26-21(30-27-22)8-4-7-19(28)25-15-20(29)24-14-13-16-5-2-1-3-6-16/h1-3,5-6,9-12H,4,7-8,13-15H2,(H,24,29)(H,25,28). The van der Waals surface area contributed by atoms with Crippen molar-refractivity contribution in [3.63, 3.8) is 0 Å². The Morgan fingerprint density at radius 2 is 1.70 bits per heavy atom. The molecule has 0 fully saturated rings. The zero-order valence-electron chi connectivity index (χ0n) is 16.4. The van der Waals surface area contributed by atoms with Crippen LogP contribution in [0.3, 0.4) is 0 Å². The van der Waals surface area contributed by atoms with Crippen LogP contribution in [0, 0.1) is 0 Å². The number of nitrogens with zero attached hydrogens (tertiary/aromatic N) is 2. The number of nitrogens with one attached hydrogen (secondary N) is 2. The van der Waals surface area contributed by atoms with E-state index in [4.69, 9.17) is 16.1 Å². The minimum Gasteiger partial charge on any atom is -0.354 e. The second-order valence-corrected chi connectivity index (χ2v) is 7.17. The molecule has 0 atom stereocenters. The van der Waals surface area contributed by atoms with Gasteiger partial charge < -0.3 is 15.2 Å². The molecule has 0 spiro atoms. The van der Waals surface area contributed by atoms with Crippen LogP contribution in [0.25, 0.3) is 11.4 Å². The summed E-state index contributed by atoms with van der Waals surface area (Å²) in [5, 5.41) is 10.00. The first-order valence-electron chi connectivity index (χ1n) is 9.76. The molecule has 0 radical (unpaired) electrons. The van der Waals surface area contributed by atoms with E-state index < -0.39 is 0 Å². The van der Waals surface area contributed by atoms with E-state index in [0.29, 0.717) is 36.1 Å². The topological polar surface area (TPSA) is 97.1 Å². The van der Waals surface area contributed by atoms with Gasteiger partial charge in [-0.25, -0.2) is 0 Å². The third-order valence-corrected chi connectivity index (χ3v) is 4.64. The summed E-state index contributed by atoms with van der Waals surface area (Å²) in [6.07, 6.45) is 2.06. The van der Waals surface area contributed by atoms with Crippen molar-refractivity contribution in [2.75, 3.05) is 13.1 Å². The van der Waals surface area contributed by atoms with E-state index in [1.54, 1.807) is 12.1 Å². The molecule has 2 amide bonds. The zero-order valence-corrected chi connectivity index (χ0v) is 17.2. The molecule has 0 aliphatic rings. The number of amides is 2. The van der Waals surface area contributed by atoms with E-state index in [-0.39, 0.29) is 24.8 Å². The summed E-state index contributed by atoms with van der Waals surface area (Å²) in [5.41, 5.74) is 1.97. The van der Waals surface area contributed by atoms with Crippen molar-refractivity contribution in [1.29, 1.82) is 0 Å². The molecule has 156 valence electrons. The smallest absolute Gasteiger partial charge is 0.239 e. The fourth-order valence-corrected chi connectivity index (χ4v) is 2.92. The van der Waals surface area contributed by atoms with Crippen LogP contribution < -0.4 is 10.6 Å². The van der Waals surface area contributed by atoms with Gasteiger partial charge in [-0.2, -0.15) is 4.98 Å². The van der Waals surface area contributed by atoms with Gasteiger partial charge in [-0.15, -0.1) is 0 Å². The summed E-state index contributed by atoms with van der Waals surface area (Å²) in [6, 6.07) is 17.0. The number of halogens is 1. The molecule has 0 aliphatic carbocycles. The molecular formula is C22H23ClN4O3. The quantitative estimate of drug-likeness (QED) is 0.519. The number of benzene rings is 2. The minimum absolute atomic E-state index is 0.0328. The number of aryl methyl sites for hydroxylation is 1. The first-order chi connectivity index (χ1) is 14.6. The predicted octanol–water partition coefficient (Wildman–Crippen LogP) is 3.19. The lowest BCUT2D eigenvalue weighted by molar-refractivity contribution is -0.126. The molecule has 8 heteroatoms. The third kappa shape index (κ3) is 7.00. The number of hydrogen-bond acceptors (Lipinski definition) is 5. The Morgan fingerprint density at radius 1 is 0.933 bits per heavy atom. The summed E-state index contributed by atoms with van der Waals surface area (Å²) in [5.74, 6) is 0.555. The van der Waals surface area contributed by atoms with Crippen molar-refractivity contribution in [2.45, 2.75) is 25.7 Å². The molecule has 30 heavy (non-hydrogen) atoms. The highest BCUT2D eigenvalue weighted by Crippen LogP contribution is 2.19. The maximum absolute atomic E-state index is 11.9. The van der Waals surface area contributed by atoms with Gasteiger partial charge in [-0.05, 0) is 42.7 Å². The van der Waals surface area contributed by atoms with Crippen molar-refractivity contribution in [3.05, 3.63) is 71.1 Å². The van der Waals surface area contributed by atoms with Crippen LogP contribution in [0.1, 0.15) is 24.3 Å². The van der Waals surface area contributed by atoms with Gasteiger partial charge in [-0.3, -0.25) is 9.59 Å². The van der Waals surface area contributed by atoms with Crippen molar-refractivity contribution in [1.82, 2.24) is 20.8 Å². The summed E-state index contributed by atoms with van der Waals surface area (Å²) in [4.78, 5) is 28.1. The Labute approximate surface area is 179 Å². The molecule has 0 saturated heterocycles. The highest BCUT2D eigenvalue weighted by atomic mass is 35.5. The summed E-state index contributed by atoms with van der Waals surface area (Å²) < 4.78 is 5.22. The van der Waals surface area contributed by atoms with Crippen molar-refractivity contribution in [2.24, 2.45) is 0 Å². The number of carbonyl (C=O) groups is 2. The number of hydrogen-bond donors (Lipinski definition) is 2. The maximum atomic E-state index is 11.9. The monoisotopic (exact) mass is 426 g/mol. The van der Waals surface area contributed by atoms with Crippen molar-refractivity contribution >= 4 is 23.4 Å². The Bertz CT molecular complexity index is 958. The molecule has 0 bridgehead atoms. The van der Waals surface area contributed by atoms with Crippen LogP contribution in [0.5, 0.6) is 0 Å². The van der Waals surface area contributed by atoms with Gasteiger partial charge in [-0.1, -0.05) is 47.1 Å². The fraction of sp³-hybridized carbons (Fsp3) is 0.273. The minimum atomic E-state index is -0.205. The molecule has 3 aromatic rings. The molecule has 2 aromatic carbocycles. The number of carbonyl (C=O) groups excluding carboxylic acids is 2. The van der Waals surface area contributed by atoms with E-state index in [1.165, 1.54) is 0 Å². The number of rotatable bonds is 10. The van der Waals surface area contributed by atoms with Gasteiger partial charge >= 0.3 is 0 Å². The second kappa shape index (κ2) is 11.1. The van der Waals surface area contributed by atoms with Crippen LogP contribution in [0.2, 0.25) is 5.02 Å². The van der Waals surface area contributed by atoms with Crippen LogP contribution in [0.4, 0.5) is 0 Å². The molecule has 0 unspecified atom stereocenters. The predicted molar refractivity (Wildman–Crippen MR) is 114 cm³/mol. The van der Waals surface area contributed by atoms with Gasteiger partial charge in [0.2, 0.25) is 23.5 Å². The molecule has 2 N–H and O–H groups in total. The van der Waals surface area contributed by atoms with E-state index in [9.17, 15) is 9.59 Å². The average Bonchev–Trinajstić information content (AvgIpc) is 3.22. The fourth-order valence-electron chi connectivity index (χ4n) is 2.79. The van der Waals surface area contributed by atoms with Gasteiger partial charge in [0.05, 0.1) is 6.54 Å². The molecule has 3 rings (SSSR count). The SMILES string of the molecule is O=C(CCCc1nc(-c2ccc(Cl)cc2)no1)NCC(=O)NCCc1ccccc1. The Balaban J connectivity index is 1.30. The Kier molecular flexibility index (Phi) is 7.97. The molecule has 7 nitrogen and oxygen atoms in total. The molecule has 1 heterocycles. The lowest BCUT2D eigenvalue weighted by Gasteiger charge is -2.07. The number of aromatic nitrogens is 2. The first-order valence-corrected chi connectivity index (χ1v) is 10.1. The van der Waals surface area contributed by atoms with E-state index in [1.807, 2.05) is 42.5 Å². The lowest BCUT2D eigenvalue weighted by Crippen LogP contribution is -2.37. The highest BCUT2D eigenvalue weighted by molar-refractivity contribution is 6.30. The maximum Gasteiger partial charge on any atom is 0.239 e. The van der Waals surface area contributed by atoms with Gasteiger partial charge in [0.1, 0.15) is 0 Å². The second-order valence-electron chi connectivity index (χ2n) is 6.73. The zero-order chi connectivity index (χ0) is 21.2. The lowest BCUT2D eigenvalue weighted by atomic mass is 10.1. The average molecular weight is 427 g/mol. The summed E-state index contributed by atoms with van der Waals surface area (Å²) in [7, 11) is 0. The largest absolute Gasteiger partial charge is 0.354 e. The van der Waals surface area contributed by atoms with Gasteiger partial charge in [0.15, 0.2) is 0 Å².